The topological polar surface area (TPSA) is 96.4 Å². The second kappa shape index (κ2) is 12.8. The third-order valence-electron chi connectivity index (χ3n) is 8.31. The van der Waals surface area contributed by atoms with E-state index in [1.165, 1.54) is 9.80 Å². The largest absolute Gasteiger partial charge is 0.465 e. The number of hydrogen-bond acceptors (Lipinski definition) is 6. The van der Waals surface area contributed by atoms with Gasteiger partial charge < -0.3 is 24.4 Å². The average molecular weight is 638 g/mol. The number of fused-ring (bicyclic) bond motifs is 1. The Balaban J connectivity index is 1.76. The van der Waals surface area contributed by atoms with Crippen LogP contribution < -0.4 is 4.90 Å². The van der Waals surface area contributed by atoms with Crippen molar-refractivity contribution in [3.8, 4) is 0 Å². The summed E-state index contributed by atoms with van der Waals surface area (Å²) in [4.78, 5) is 45.1. The van der Waals surface area contributed by atoms with Gasteiger partial charge in [-0.3, -0.25) is 14.4 Å². The van der Waals surface area contributed by atoms with E-state index >= 15 is 0 Å². The molecule has 0 aliphatic carbocycles. The molecule has 1 spiro atoms. The van der Waals surface area contributed by atoms with Gasteiger partial charge in [0.15, 0.2) is 0 Å². The first kappa shape index (κ1) is 30.8. The van der Waals surface area contributed by atoms with Gasteiger partial charge in [0.1, 0.15) is 11.6 Å². The van der Waals surface area contributed by atoms with Crippen LogP contribution >= 0.6 is 27.5 Å². The van der Waals surface area contributed by atoms with Crippen LogP contribution in [-0.2, 0) is 23.9 Å². The molecule has 218 valence electrons. The number of benzene rings is 1. The highest BCUT2D eigenvalue weighted by Gasteiger charge is 2.77. The number of hydrogen-bond donors (Lipinski definition) is 1. The Hall–Kier alpha value is -2.20. The summed E-state index contributed by atoms with van der Waals surface area (Å²) >= 11 is 10.2. The second-order valence-electron chi connectivity index (χ2n) is 11.0. The lowest BCUT2D eigenvalue weighted by molar-refractivity contribution is -0.156. The lowest BCUT2D eigenvalue weighted by Gasteiger charge is -2.40. The molecule has 3 saturated heterocycles. The predicted octanol–water partition coefficient (Wildman–Crippen LogP) is 4.52. The van der Waals surface area contributed by atoms with Crippen LogP contribution in [0.1, 0.15) is 39.5 Å². The first-order valence-corrected chi connectivity index (χ1v) is 15.1. The number of para-hydroxylation sites is 1. The van der Waals surface area contributed by atoms with Crippen LogP contribution in [0.3, 0.4) is 0 Å². The molecule has 3 aliphatic heterocycles. The smallest absolute Gasteiger partial charge is 0.312 e. The number of alkyl halides is 1. The summed E-state index contributed by atoms with van der Waals surface area (Å²) < 4.78 is 12.2. The number of esters is 1. The van der Waals surface area contributed by atoms with Gasteiger partial charge in [-0.1, -0.05) is 65.7 Å². The number of allylic oxidation sites excluding steroid dienone is 1. The standard InChI is InChI=1S/C30H38BrClN2O6/c1-5-7-8-11-15-39-29(38)23-24-27(36)34(22(17-35)18(3)4)26(30(24)16-19(31)25(23)40-30)28(37)33(14-6-2)21-13-10-9-12-20(21)32/h5-6,9-10,12-13,18-19,22-26,35H,1-2,7-8,11,14-17H2,3-4H3/t19?,22-,23+,24-,25+,26?,30?/m0/s1. The highest BCUT2D eigenvalue weighted by atomic mass is 79.9. The molecule has 7 atom stereocenters. The summed E-state index contributed by atoms with van der Waals surface area (Å²) in [6, 6.07) is 5.23. The van der Waals surface area contributed by atoms with E-state index in [-0.39, 0.29) is 36.4 Å². The number of unbranched alkanes of at least 4 members (excludes halogenated alkanes) is 2. The maximum absolute atomic E-state index is 14.6. The first-order chi connectivity index (χ1) is 19.1. The molecule has 1 aromatic carbocycles. The molecule has 1 N–H and O–H groups in total. The third-order valence-corrected chi connectivity index (χ3v) is 9.48. The number of carbonyl (C=O) groups is 3. The average Bonchev–Trinajstić information content (AvgIpc) is 3.51. The van der Waals surface area contributed by atoms with Gasteiger partial charge in [0, 0.05) is 11.4 Å². The molecule has 3 heterocycles. The molecule has 4 rings (SSSR count). The van der Waals surface area contributed by atoms with E-state index < -0.39 is 47.5 Å². The van der Waals surface area contributed by atoms with Gasteiger partial charge in [-0.05, 0) is 43.7 Å². The van der Waals surface area contributed by atoms with E-state index in [2.05, 4.69) is 29.1 Å². The van der Waals surface area contributed by atoms with Gasteiger partial charge >= 0.3 is 5.97 Å². The highest BCUT2D eigenvalue weighted by molar-refractivity contribution is 9.09. The predicted molar refractivity (Wildman–Crippen MR) is 157 cm³/mol. The number of aliphatic hydroxyl groups is 1. The fourth-order valence-electron chi connectivity index (χ4n) is 6.51. The van der Waals surface area contributed by atoms with Crippen molar-refractivity contribution in [3.63, 3.8) is 0 Å². The van der Waals surface area contributed by atoms with Crippen molar-refractivity contribution in [3.05, 3.63) is 54.6 Å². The van der Waals surface area contributed by atoms with Crippen molar-refractivity contribution in [1.29, 1.82) is 0 Å². The number of likely N-dealkylation sites (tertiary alicyclic amines) is 1. The van der Waals surface area contributed by atoms with Crippen molar-refractivity contribution in [1.82, 2.24) is 4.90 Å². The Kier molecular flexibility index (Phi) is 9.81. The Morgan fingerprint density at radius 3 is 2.65 bits per heavy atom. The third kappa shape index (κ3) is 5.26. The van der Waals surface area contributed by atoms with Crippen molar-refractivity contribution < 1.29 is 29.0 Å². The Morgan fingerprint density at radius 2 is 2.02 bits per heavy atom. The Morgan fingerprint density at radius 1 is 1.30 bits per heavy atom. The van der Waals surface area contributed by atoms with Gasteiger partial charge in [-0.15, -0.1) is 13.2 Å². The summed E-state index contributed by atoms with van der Waals surface area (Å²) in [5.41, 5.74) is -0.799. The monoisotopic (exact) mass is 636 g/mol. The number of amides is 2. The zero-order chi connectivity index (χ0) is 29.2. The minimum Gasteiger partial charge on any atom is -0.465 e. The molecule has 2 amide bonds. The van der Waals surface area contributed by atoms with E-state index in [1.54, 1.807) is 30.3 Å². The Bertz CT molecular complexity index is 1150. The number of rotatable bonds is 13. The summed E-state index contributed by atoms with van der Waals surface area (Å²) in [7, 11) is 0. The van der Waals surface area contributed by atoms with Crippen LogP contribution in [0.25, 0.3) is 0 Å². The summed E-state index contributed by atoms with van der Waals surface area (Å²) in [5, 5.41) is 10.8. The minimum absolute atomic E-state index is 0.144. The van der Waals surface area contributed by atoms with E-state index in [4.69, 9.17) is 21.1 Å². The molecule has 0 aromatic heterocycles. The maximum Gasteiger partial charge on any atom is 0.312 e. The van der Waals surface area contributed by atoms with Gasteiger partial charge in [0.25, 0.3) is 5.91 Å². The van der Waals surface area contributed by atoms with E-state index in [0.717, 1.165) is 12.8 Å². The van der Waals surface area contributed by atoms with Crippen molar-refractivity contribution in [2.45, 2.75) is 68.1 Å². The molecule has 2 bridgehead atoms. The molecule has 1 aromatic rings. The number of carbonyl (C=O) groups excluding carboxylic acids is 3. The van der Waals surface area contributed by atoms with Crippen LogP contribution in [0.4, 0.5) is 5.69 Å². The van der Waals surface area contributed by atoms with Gasteiger partial charge in [-0.25, -0.2) is 0 Å². The molecule has 3 unspecified atom stereocenters. The van der Waals surface area contributed by atoms with Crippen LogP contribution in [-0.4, -0.2) is 76.2 Å². The normalized spacial score (nSPS) is 29.4. The Labute approximate surface area is 249 Å². The van der Waals surface area contributed by atoms with Crippen LogP contribution in [0, 0.1) is 17.8 Å². The molecule has 8 nitrogen and oxygen atoms in total. The number of ether oxygens (including phenoxy) is 2. The maximum atomic E-state index is 14.6. The quantitative estimate of drug-likeness (QED) is 0.148. The van der Waals surface area contributed by atoms with E-state index in [0.29, 0.717) is 23.6 Å². The summed E-state index contributed by atoms with van der Waals surface area (Å²) in [6.45, 7) is 11.3. The van der Waals surface area contributed by atoms with Gasteiger partial charge in [0.05, 0.1) is 47.9 Å². The molecule has 3 fully saturated rings. The van der Waals surface area contributed by atoms with E-state index in [9.17, 15) is 19.5 Å². The van der Waals surface area contributed by atoms with Gasteiger partial charge in [-0.2, -0.15) is 0 Å². The highest BCUT2D eigenvalue weighted by Crippen LogP contribution is 2.61. The molecular formula is C30H38BrClN2O6. The van der Waals surface area contributed by atoms with Crippen LogP contribution in [0.15, 0.2) is 49.6 Å². The van der Waals surface area contributed by atoms with Gasteiger partial charge in [0.2, 0.25) is 5.91 Å². The summed E-state index contributed by atoms with van der Waals surface area (Å²) in [6.07, 6.45) is 5.49. The molecular weight excluding hydrogens is 600 g/mol. The SMILES string of the molecule is C=CCCCCOC(=O)[C@H]1[C@@H]2OC3(CC2Br)C(C(=O)N(CC=C)c2ccccc2Cl)N([C@@H](CO)C(C)C)C(=O)[C@H]13. The number of nitrogens with zero attached hydrogens (tertiary/aromatic N) is 2. The molecule has 10 heteroatoms. The van der Waals surface area contributed by atoms with Crippen molar-refractivity contribution in [2.24, 2.45) is 17.8 Å². The molecule has 0 radical (unpaired) electrons. The number of aliphatic hydroxyl groups excluding tert-OH is 1. The zero-order valence-electron chi connectivity index (χ0n) is 23.0. The molecule has 40 heavy (non-hydrogen) atoms. The number of anilines is 1. The second-order valence-corrected chi connectivity index (χ2v) is 12.6. The fourth-order valence-corrected chi connectivity index (χ4v) is 7.69. The lowest BCUT2D eigenvalue weighted by atomic mass is 9.70. The van der Waals surface area contributed by atoms with E-state index in [1.807, 2.05) is 19.9 Å². The molecule has 0 saturated carbocycles. The first-order valence-electron chi connectivity index (χ1n) is 13.8. The molecule has 3 aliphatic rings. The van der Waals surface area contributed by atoms with Crippen LogP contribution in [0.5, 0.6) is 0 Å². The summed E-state index contributed by atoms with van der Waals surface area (Å²) in [5.74, 6) is -3.23. The minimum atomic E-state index is -1.28. The van der Waals surface area contributed by atoms with Crippen molar-refractivity contribution >= 4 is 51.0 Å². The fraction of sp³-hybridized carbons (Fsp3) is 0.567. The van der Waals surface area contributed by atoms with Crippen molar-refractivity contribution in [2.75, 3.05) is 24.7 Å². The number of halogens is 2. The lowest BCUT2D eigenvalue weighted by Crippen LogP contribution is -2.60. The zero-order valence-corrected chi connectivity index (χ0v) is 25.4. The van der Waals surface area contributed by atoms with Crippen LogP contribution in [0.2, 0.25) is 5.02 Å².